The molecule has 1 fully saturated rings. The molecule has 1 aromatic rings. The molecule has 2 rings (SSSR count). The third-order valence-electron chi connectivity index (χ3n) is 3.16. The van der Waals surface area contributed by atoms with Crippen molar-refractivity contribution in [1.82, 2.24) is 4.98 Å². The molecule has 3 nitrogen and oxygen atoms in total. The second-order valence-electron chi connectivity index (χ2n) is 4.46. The highest BCUT2D eigenvalue weighted by Crippen LogP contribution is 2.25. The van der Waals surface area contributed by atoms with Gasteiger partial charge < -0.3 is 10.0 Å². The fourth-order valence-corrected chi connectivity index (χ4v) is 3.21. The number of rotatable bonds is 3. The van der Waals surface area contributed by atoms with Crippen LogP contribution >= 0.6 is 11.8 Å². The molecule has 1 aliphatic rings. The molecule has 0 aliphatic carbocycles. The van der Waals surface area contributed by atoms with Crippen LogP contribution < -0.4 is 4.90 Å². The van der Waals surface area contributed by atoms with E-state index in [2.05, 4.69) is 34.6 Å². The third kappa shape index (κ3) is 3.13. The first-order chi connectivity index (χ1) is 8.20. The second-order valence-corrected chi connectivity index (χ2v) is 5.87. The molecule has 94 valence electrons. The summed E-state index contributed by atoms with van der Waals surface area (Å²) in [6, 6.07) is 3.99. The van der Waals surface area contributed by atoms with Crippen LogP contribution in [-0.2, 0) is 0 Å². The molecule has 1 N–H and O–H groups in total. The molecule has 0 aromatic carbocycles. The van der Waals surface area contributed by atoms with E-state index >= 15 is 0 Å². The molecule has 2 atom stereocenters. The number of aliphatic hydroxyl groups excluding tert-OH is 1. The van der Waals surface area contributed by atoms with E-state index < -0.39 is 6.10 Å². The molecule has 2 heterocycles. The Morgan fingerprint density at radius 3 is 3.00 bits per heavy atom. The predicted molar refractivity (Wildman–Crippen MR) is 73.6 cm³/mol. The maximum absolute atomic E-state index is 9.43. The summed E-state index contributed by atoms with van der Waals surface area (Å²) in [6.07, 6.45) is 2.62. The van der Waals surface area contributed by atoms with Crippen molar-refractivity contribution in [2.24, 2.45) is 0 Å². The molecule has 0 spiro atoms. The monoisotopic (exact) mass is 252 g/mol. The van der Waals surface area contributed by atoms with Crippen LogP contribution in [0.4, 0.5) is 5.69 Å². The summed E-state index contributed by atoms with van der Waals surface area (Å²) in [4.78, 5) is 6.70. The molecule has 0 saturated carbocycles. The number of nitrogens with zero attached hydrogens (tertiary/aromatic N) is 2. The van der Waals surface area contributed by atoms with Gasteiger partial charge in [0.15, 0.2) is 0 Å². The maximum Gasteiger partial charge on any atom is 0.0931 e. The lowest BCUT2D eigenvalue weighted by Gasteiger charge is -2.33. The van der Waals surface area contributed by atoms with Gasteiger partial charge in [0.2, 0.25) is 0 Å². The van der Waals surface area contributed by atoms with Gasteiger partial charge in [0.1, 0.15) is 0 Å². The number of pyridine rings is 1. The van der Waals surface area contributed by atoms with E-state index in [1.54, 1.807) is 6.92 Å². The fourth-order valence-electron chi connectivity index (χ4n) is 2.03. The second kappa shape index (κ2) is 5.74. The molecule has 0 amide bonds. The van der Waals surface area contributed by atoms with Gasteiger partial charge in [-0.3, -0.25) is 4.98 Å². The smallest absolute Gasteiger partial charge is 0.0931 e. The summed E-state index contributed by atoms with van der Waals surface area (Å²) < 4.78 is 0. The van der Waals surface area contributed by atoms with Crippen molar-refractivity contribution in [2.45, 2.75) is 31.6 Å². The Balaban J connectivity index is 2.06. The first-order valence-electron chi connectivity index (χ1n) is 6.21. The zero-order valence-electron chi connectivity index (χ0n) is 10.5. The highest BCUT2D eigenvalue weighted by atomic mass is 32.2. The highest BCUT2D eigenvalue weighted by Gasteiger charge is 2.19. The number of aliphatic hydroxyl groups is 1. The van der Waals surface area contributed by atoms with Crippen LogP contribution in [0.1, 0.15) is 32.1 Å². The lowest BCUT2D eigenvalue weighted by Crippen LogP contribution is -2.37. The molecule has 0 bridgehead atoms. The zero-order valence-corrected chi connectivity index (χ0v) is 11.3. The van der Waals surface area contributed by atoms with Crippen LogP contribution in [0.25, 0.3) is 0 Å². The van der Waals surface area contributed by atoms with Crippen LogP contribution in [0.2, 0.25) is 0 Å². The van der Waals surface area contributed by atoms with Crippen molar-refractivity contribution in [3.63, 3.8) is 0 Å². The standard InChI is InChI=1S/C13H20N2OS/c1-3-12-9-15(6-7-17-12)11-4-5-13(10(2)16)14-8-11/h4-5,8,10,12,16H,3,6-7,9H2,1-2H3. The van der Waals surface area contributed by atoms with Crippen molar-refractivity contribution in [1.29, 1.82) is 0 Å². The van der Waals surface area contributed by atoms with Gasteiger partial charge in [0.25, 0.3) is 0 Å². The third-order valence-corrected chi connectivity index (χ3v) is 4.53. The van der Waals surface area contributed by atoms with Gasteiger partial charge in [-0.25, -0.2) is 0 Å². The normalized spacial score (nSPS) is 22.5. The van der Waals surface area contributed by atoms with E-state index in [-0.39, 0.29) is 0 Å². The summed E-state index contributed by atoms with van der Waals surface area (Å²) >= 11 is 2.07. The number of hydrogen-bond donors (Lipinski definition) is 1. The quantitative estimate of drug-likeness (QED) is 0.896. The minimum atomic E-state index is -0.482. The van der Waals surface area contributed by atoms with E-state index in [0.29, 0.717) is 0 Å². The van der Waals surface area contributed by atoms with E-state index in [4.69, 9.17) is 0 Å². The molecule has 0 radical (unpaired) electrons. The summed E-state index contributed by atoms with van der Waals surface area (Å²) in [6.45, 7) is 6.19. The molecule has 1 saturated heterocycles. The van der Waals surface area contributed by atoms with E-state index in [1.807, 2.05) is 12.3 Å². The number of anilines is 1. The Labute approximate surface area is 107 Å². The van der Waals surface area contributed by atoms with Gasteiger partial charge in [-0.1, -0.05) is 6.92 Å². The highest BCUT2D eigenvalue weighted by molar-refractivity contribution is 8.00. The summed E-state index contributed by atoms with van der Waals surface area (Å²) in [5, 5.41) is 10.2. The Kier molecular flexibility index (Phi) is 4.29. The number of hydrogen-bond acceptors (Lipinski definition) is 4. The molecule has 1 aliphatic heterocycles. The van der Waals surface area contributed by atoms with E-state index in [9.17, 15) is 5.11 Å². The topological polar surface area (TPSA) is 36.4 Å². The maximum atomic E-state index is 9.43. The van der Waals surface area contributed by atoms with Crippen LogP contribution in [0.3, 0.4) is 0 Å². The average Bonchev–Trinajstić information content (AvgIpc) is 2.39. The van der Waals surface area contributed by atoms with Gasteiger partial charge in [-0.2, -0.15) is 11.8 Å². The van der Waals surface area contributed by atoms with Gasteiger partial charge in [0.05, 0.1) is 23.7 Å². The molecular formula is C13H20N2OS. The zero-order chi connectivity index (χ0) is 12.3. The van der Waals surface area contributed by atoms with Gasteiger partial charge in [0, 0.05) is 24.1 Å². The summed E-state index contributed by atoms with van der Waals surface area (Å²) in [5.41, 5.74) is 1.92. The van der Waals surface area contributed by atoms with Crippen molar-refractivity contribution in [3.05, 3.63) is 24.0 Å². The van der Waals surface area contributed by atoms with E-state index in [0.717, 1.165) is 24.0 Å². The van der Waals surface area contributed by atoms with Crippen molar-refractivity contribution < 1.29 is 5.11 Å². The SMILES string of the molecule is CCC1CN(c2ccc(C(C)O)nc2)CCS1. The Morgan fingerprint density at radius 1 is 1.59 bits per heavy atom. The molecule has 17 heavy (non-hydrogen) atoms. The molecule has 1 aromatic heterocycles. The average molecular weight is 252 g/mol. The predicted octanol–water partition coefficient (Wildman–Crippen LogP) is 2.47. The van der Waals surface area contributed by atoms with Crippen LogP contribution in [-0.4, -0.2) is 34.2 Å². The lowest BCUT2D eigenvalue weighted by atomic mass is 10.2. The Bertz CT molecular complexity index is 353. The summed E-state index contributed by atoms with van der Waals surface area (Å²) in [7, 11) is 0. The minimum Gasteiger partial charge on any atom is -0.387 e. The van der Waals surface area contributed by atoms with Gasteiger partial charge in [-0.05, 0) is 25.5 Å². The Hall–Kier alpha value is -0.740. The van der Waals surface area contributed by atoms with Crippen molar-refractivity contribution in [2.75, 3.05) is 23.7 Å². The van der Waals surface area contributed by atoms with Crippen molar-refractivity contribution >= 4 is 17.4 Å². The van der Waals surface area contributed by atoms with Crippen LogP contribution in [0, 0.1) is 0 Å². The van der Waals surface area contributed by atoms with Crippen molar-refractivity contribution in [3.8, 4) is 0 Å². The van der Waals surface area contributed by atoms with Gasteiger partial charge in [-0.15, -0.1) is 0 Å². The number of thioether (sulfide) groups is 1. The fraction of sp³-hybridized carbons (Fsp3) is 0.615. The van der Waals surface area contributed by atoms with Gasteiger partial charge >= 0.3 is 0 Å². The Morgan fingerprint density at radius 2 is 2.41 bits per heavy atom. The lowest BCUT2D eigenvalue weighted by molar-refractivity contribution is 0.194. The minimum absolute atomic E-state index is 0.482. The summed E-state index contributed by atoms with van der Waals surface area (Å²) in [5.74, 6) is 1.19. The van der Waals surface area contributed by atoms with Crippen LogP contribution in [0.15, 0.2) is 18.3 Å². The molecule has 4 heteroatoms. The largest absolute Gasteiger partial charge is 0.387 e. The molecule has 2 unspecified atom stereocenters. The van der Waals surface area contributed by atoms with Crippen LogP contribution in [0.5, 0.6) is 0 Å². The number of aromatic nitrogens is 1. The van der Waals surface area contributed by atoms with E-state index in [1.165, 1.54) is 17.9 Å². The first-order valence-corrected chi connectivity index (χ1v) is 7.26. The first kappa shape index (κ1) is 12.7. The molecular weight excluding hydrogens is 232 g/mol.